The maximum Gasteiger partial charge on any atom is 0.317 e. The average Bonchev–Trinajstić information content (AvgIpc) is 2.83. The highest BCUT2D eigenvalue weighted by molar-refractivity contribution is 5.74. The summed E-state index contributed by atoms with van der Waals surface area (Å²) >= 11 is 0. The minimum Gasteiger partial charge on any atom is -0.335 e. The Labute approximate surface area is 71.8 Å². The standard InChI is InChI=1S/C7H15N3O2/c1-10(4-5-12-8)7(11)9-6-2-3-6/h6H,2-5,8H2,1H3,(H,9,11). The van der Waals surface area contributed by atoms with Gasteiger partial charge in [0.05, 0.1) is 6.61 Å². The van der Waals surface area contributed by atoms with Gasteiger partial charge in [-0.15, -0.1) is 0 Å². The average molecular weight is 173 g/mol. The summed E-state index contributed by atoms with van der Waals surface area (Å²) < 4.78 is 0. The highest BCUT2D eigenvalue weighted by atomic mass is 16.6. The van der Waals surface area contributed by atoms with Crippen molar-refractivity contribution in [1.82, 2.24) is 10.2 Å². The van der Waals surface area contributed by atoms with Crippen LogP contribution in [0.3, 0.4) is 0 Å². The molecule has 70 valence electrons. The van der Waals surface area contributed by atoms with Crippen LogP contribution in [0.4, 0.5) is 4.79 Å². The molecule has 0 aliphatic heterocycles. The van der Waals surface area contributed by atoms with E-state index in [0.717, 1.165) is 12.8 Å². The van der Waals surface area contributed by atoms with Crippen molar-refractivity contribution in [2.75, 3.05) is 20.2 Å². The summed E-state index contributed by atoms with van der Waals surface area (Å²) in [4.78, 5) is 17.1. The lowest BCUT2D eigenvalue weighted by Gasteiger charge is -2.16. The molecule has 1 fully saturated rings. The van der Waals surface area contributed by atoms with Gasteiger partial charge in [0.1, 0.15) is 0 Å². The van der Waals surface area contributed by atoms with Crippen LogP contribution in [-0.4, -0.2) is 37.2 Å². The van der Waals surface area contributed by atoms with E-state index >= 15 is 0 Å². The fourth-order valence-electron chi connectivity index (χ4n) is 0.804. The number of hydrogen-bond donors (Lipinski definition) is 2. The summed E-state index contributed by atoms with van der Waals surface area (Å²) in [5, 5.41) is 2.85. The van der Waals surface area contributed by atoms with Gasteiger partial charge in [-0.1, -0.05) is 0 Å². The quantitative estimate of drug-likeness (QED) is 0.572. The van der Waals surface area contributed by atoms with Gasteiger partial charge < -0.3 is 15.1 Å². The Morgan fingerprint density at radius 3 is 2.92 bits per heavy atom. The molecule has 1 aliphatic rings. The largest absolute Gasteiger partial charge is 0.335 e. The number of nitrogens with zero attached hydrogens (tertiary/aromatic N) is 1. The van der Waals surface area contributed by atoms with Gasteiger partial charge in [0.15, 0.2) is 0 Å². The lowest BCUT2D eigenvalue weighted by Crippen LogP contribution is -2.40. The van der Waals surface area contributed by atoms with Crippen molar-refractivity contribution in [3.8, 4) is 0 Å². The molecule has 0 aromatic rings. The third-order valence-electron chi connectivity index (χ3n) is 1.80. The van der Waals surface area contributed by atoms with Crippen LogP contribution in [0.25, 0.3) is 0 Å². The highest BCUT2D eigenvalue weighted by Crippen LogP contribution is 2.18. The zero-order valence-corrected chi connectivity index (χ0v) is 7.25. The third-order valence-corrected chi connectivity index (χ3v) is 1.80. The zero-order valence-electron chi connectivity index (χ0n) is 7.25. The number of nitrogens with two attached hydrogens (primary N) is 1. The molecule has 0 unspecified atom stereocenters. The van der Waals surface area contributed by atoms with Crippen molar-refractivity contribution in [3.05, 3.63) is 0 Å². The smallest absolute Gasteiger partial charge is 0.317 e. The lowest BCUT2D eigenvalue weighted by atomic mass is 10.6. The van der Waals surface area contributed by atoms with Gasteiger partial charge in [0.25, 0.3) is 0 Å². The van der Waals surface area contributed by atoms with Gasteiger partial charge in [-0.3, -0.25) is 0 Å². The Hall–Kier alpha value is -0.810. The number of amides is 2. The molecule has 0 saturated heterocycles. The van der Waals surface area contributed by atoms with E-state index in [2.05, 4.69) is 10.2 Å². The maximum absolute atomic E-state index is 11.2. The molecule has 0 aromatic carbocycles. The summed E-state index contributed by atoms with van der Waals surface area (Å²) in [6, 6.07) is 0.355. The number of nitrogens with one attached hydrogen (secondary N) is 1. The normalized spacial score (nSPS) is 15.8. The van der Waals surface area contributed by atoms with E-state index in [-0.39, 0.29) is 6.03 Å². The first-order chi connectivity index (χ1) is 5.74. The fraction of sp³-hybridized carbons (Fsp3) is 0.857. The van der Waals surface area contributed by atoms with Crippen molar-refractivity contribution in [3.63, 3.8) is 0 Å². The number of carbonyl (C=O) groups excluding carboxylic acids is 1. The second kappa shape index (κ2) is 4.27. The summed E-state index contributed by atoms with van der Waals surface area (Å²) in [5.41, 5.74) is 0. The van der Waals surface area contributed by atoms with Crippen LogP contribution in [0.15, 0.2) is 0 Å². The molecular weight excluding hydrogens is 158 g/mol. The molecule has 1 aliphatic carbocycles. The summed E-state index contributed by atoms with van der Waals surface area (Å²) in [6.07, 6.45) is 2.21. The molecule has 1 rings (SSSR count). The lowest BCUT2D eigenvalue weighted by molar-refractivity contribution is 0.118. The molecule has 5 nitrogen and oxygen atoms in total. The van der Waals surface area contributed by atoms with E-state index in [1.165, 1.54) is 0 Å². The van der Waals surface area contributed by atoms with E-state index in [4.69, 9.17) is 5.90 Å². The van der Waals surface area contributed by atoms with Crippen LogP contribution in [0, 0.1) is 0 Å². The van der Waals surface area contributed by atoms with Gasteiger partial charge >= 0.3 is 6.03 Å². The first kappa shape index (κ1) is 9.28. The topological polar surface area (TPSA) is 67.6 Å². The monoisotopic (exact) mass is 173 g/mol. The summed E-state index contributed by atoms with van der Waals surface area (Å²) in [6.45, 7) is 0.892. The molecule has 0 heterocycles. The molecule has 5 heteroatoms. The number of urea groups is 1. The second-order valence-electron chi connectivity index (χ2n) is 3.02. The van der Waals surface area contributed by atoms with Crippen LogP contribution in [0.5, 0.6) is 0 Å². The van der Waals surface area contributed by atoms with Gasteiger partial charge in [-0.05, 0) is 12.8 Å². The van der Waals surface area contributed by atoms with Crippen LogP contribution >= 0.6 is 0 Å². The Kier molecular flexibility index (Phi) is 3.31. The van der Waals surface area contributed by atoms with Crippen LogP contribution < -0.4 is 11.2 Å². The Morgan fingerprint density at radius 2 is 2.42 bits per heavy atom. The van der Waals surface area contributed by atoms with Gasteiger partial charge in [-0.25, -0.2) is 10.7 Å². The number of hydrogen-bond acceptors (Lipinski definition) is 3. The minimum atomic E-state index is -0.0467. The van der Waals surface area contributed by atoms with Crippen LogP contribution in [0.1, 0.15) is 12.8 Å². The Bertz CT molecular complexity index is 159. The van der Waals surface area contributed by atoms with Crippen molar-refractivity contribution in [2.24, 2.45) is 5.90 Å². The summed E-state index contributed by atoms with van der Waals surface area (Å²) in [5.74, 6) is 4.83. The van der Waals surface area contributed by atoms with Gasteiger partial charge in [0, 0.05) is 19.6 Å². The molecule has 0 bridgehead atoms. The Balaban J connectivity index is 2.11. The first-order valence-corrected chi connectivity index (χ1v) is 4.07. The van der Waals surface area contributed by atoms with E-state index < -0.39 is 0 Å². The van der Waals surface area contributed by atoms with Crippen LogP contribution in [-0.2, 0) is 4.84 Å². The third kappa shape index (κ3) is 3.06. The molecule has 1 saturated carbocycles. The maximum atomic E-state index is 11.2. The zero-order chi connectivity index (χ0) is 8.97. The predicted octanol–water partition coefficient (Wildman–Crippen LogP) is -0.319. The van der Waals surface area contributed by atoms with Crippen LogP contribution in [0.2, 0.25) is 0 Å². The first-order valence-electron chi connectivity index (χ1n) is 4.07. The van der Waals surface area contributed by atoms with Crippen molar-refractivity contribution in [1.29, 1.82) is 0 Å². The summed E-state index contributed by atoms with van der Waals surface area (Å²) in [7, 11) is 1.72. The molecular formula is C7H15N3O2. The second-order valence-corrected chi connectivity index (χ2v) is 3.02. The van der Waals surface area contributed by atoms with E-state index in [9.17, 15) is 4.79 Å². The molecule has 2 amide bonds. The highest BCUT2D eigenvalue weighted by Gasteiger charge is 2.24. The molecule has 0 spiro atoms. The van der Waals surface area contributed by atoms with Crippen molar-refractivity contribution < 1.29 is 9.63 Å². The molecule has 0 aromatic heterocycles. The predicted molar refractivity (Wildman–Crippen MR) is 44.3 cm³/mol. The minimum absolute atomic E-state index is 0.0467. The molecule has 0 radical (unpaired) electrons. The van der Waals surface area contributed by atoms with Gasteiger partial charge in [-0.2, -0.15) is 0 Å². The fourth-order valence-corrected chi connectivity index (χ4v) is 0.804. The molecule has 12 heavy (non-hydrogen) atoms. The molecule has 0 atom stereocenters. The van der Waals surface area contributed by atoms with Crippen molar-refractivity contribution in [2.45, 2.75) is 18.9 Å². The van der Waals surface area contributed by atoms with E-state index in [1.54, 1.807) is 11.9 Å². The molecule has 3 N–H and O–H groups in total. The number of carbonyl (C=O) groups is 1. The number of likely N-dealkylation sites (N-methyl/N-ethyl adjacent to an activating group) is 1. The SMILES string of the molecule is CN(CCON)C(=O)NC1CC1. The van der Waals surface area contributed by atoms with Gasteiger partial charge in [0.2, 0.25) is 0 Å². The van der Waals surface area contributed by atoms with Crippen molar-refractivity contribution >= 4 is 6.03 Å². The number of rotatable bonds is 4. The Morgan fingerprint density at radius 1 is 1.75 bits per heavy atom. The van der Waals surface area contributed by atoms with E-state index in [1.807, 2.05) is 0 Å². The van der Waals surface area contributed by atoms with E-state index in [0.29, 0.717) is 19.2 Å².